The molecule has 27 heavy (non-hydrogen) atoms. The summed E-state index contributed by atoms with van der Waals surface area (Å²) >= 11 is 17.2. The van der Waals surface area contributed by atoms with Gasteiger partial charge in [-0.25, -0.2) is 0 Å². The van der Waals surface area contributed by atoms with Gasteiger partial charge in [-0.1, -0.05) is 35.3 Å². The van der Waals surface area contributed by atoms with Crippen molar-refractivity contribution in [2.45, 2.75) is 19.0 Å². The second kappa shape index (κ2) is 8.25. The quantitative estimate of drug-likeness (QED) is 0.742. The summed E-state index contributed by atoms with van der Waals surface area (Å²) < 4.78 is 0. The fourth-order valence-electron chi connectivity index (χ4n) is 2.86. The molecule has 1 heterocycles. The van der Waals surface area contributed by atoms with Crippen molar-refractivity contribution in [3.8, 4) is 0 Å². The van der Waals surface area contributed by atoms with E-state index in [-0.39, 0.29) is 18.2 Å². The number of hydrogen-bond donors (Lipinski definition) is 1. The maximum absolute atomic E-state index is 12.6. The molecule has 1 atom stereocenters. The minimum absolute atomic E-state index is 0.000467. The van der Waals surface area contributed by atoms with E-state index in [1.165, 1.54) is 4.90 Å². The third-order valence-corrected chi connectivity index (χ3v) is 5.31. The van der Waals surface area contributed by atoms with E-state index >= 15 is 0 Å². The molecule has 3 rings (SSSR count). The molecule has 1 N–H and O–H groups in total. The van der Waals surface area contributed by atoms with Crippen LogP contribution in [-0.4, -0.2) is 39.8 Å². The van der Waals surface area contributed by atoms with Crippen LogP contribution < -0.4 is 5.32 Å². The first kappa shape index (κ1) is 19.6. The van der Waals surface area contributed by atoms with Crippen molar-refractivity contribution < 1.29 is 9.59 Å². The number of amides is 2. The summed E-state index contributed by atoms with van der Waals surface area (Å²) in [5, 5.41) is 4.40. The average Bonchev–Trinajstić information content (AvgIpc) is 2.83. The number of nitrogens with zero attached hydrogens (tertiary/aromatic N) is 2. The van der Waals surface area contributed by atoms with E-state index in [2.05, 4.69) is 5.32 Å². The predicted octanol–water partition coefficient (Wildman–Crippen LogP) is 3.95. The van der Waals surface area contributed by atoms with E-state index in [4.69, 9.17) is 35.4 Å². The minimum atomic E-state index is -0.648. The topological polar surface area (TPSA) is 52.7 Å². The molecule has 2 aromatic carbocycles. The molecule has 140 valence electrons. The van der Waals surface area contributed by atoms with Crippen LogP contribution in [0, 0.1) is 0 Å². The van der Waals surface area contributed by atoms with Crippen molar-refractivity contribution in [3.63, 3.8) is 0 Å². The summed E-state index contributed by atoms with van der Waals surface area (Å²) in [6.07, 6.45) is -0.000467. The smallest absolute Gasteiger partial charge is 0.251 e. The van der Waals surface area contributed by atoms with Crippen LogP contribution in [0.4, 0.5) is 5.69 Å². The van der Waals surface area contributed by atoms with Crippen molar-refractivity contribution in [2.24, 2.45) is 0 Å². The van der Waals surface area contributed by atoms with Crippen LogP contribution in [0.15, 0.2) is 48.5 Å². The highest BCUT2D eigenvalue weighted by atomic mass is 35.5. The zero-order valence-corrected chi connectivity index (χ0v) is 16.8. The second-order valence-electron chi connectivity index (χ2n) is 6.21. The van der Waals surface area contributed by atoms with Crippen LogP contribution in [0.1, 0.15) is 12.0 Å². The van der Waals surface area contributed by atoms with Crippen molar-refractivity contribution in [3.05, 3.63) is 64.1 Å². The molecule has 8 heteroatoms. The van der Waals surface area contributed by atoms with Crippen molar-refractivity contribution in [2.75, 3.05) is 12.4 Å². The largest absolute Gasteiger partial charge is 0.332 e. The lowest BCUT2D eigenvalue weighted by molar-refractivity contribution is -0.130. The van der Waals surface area contributed by atoms with Gasteiger partial charge >= 0.3 is 0 Å². The molecule has 1 aliphatic rings. The summed E-state index contributed by atoms with van der Waals surface area (Å²) in [6.45, 7) is 0.422. The summed E-state index contributed by atoms with van der Waals surface area (Å²) in [5.74, 6) is -0.463. The van der Waals surface area contributed by atoms with Gasteiger partial charge in [0.15, 0.2) is 5.11 Å². The number of halogens is 2. The van der Waals surface area contributed by atoms with Crippen LogP contribution in [0.3, 0.4) is 0 Å². The zero-order valence-electron chi connectivity index (χ0n) is 14.5. The van der Waals surface area contributed by atoms with Crippen molar-refractivity contribution in [1.82, 2.24) is 9.80 Å². The number of anilines is 1. The van der Waals surface area contributed by atoms with Gasteiger partial charge in [0.25, 0.3) is 5.91 Å². The number of benzene rings is 2. The van der Waals surface area contributed by atoms with E-state index in [9.17, 15) is 9.59 Å². The maximum Gasteiger partial charge on any atom is 0.251 e. The Morgan fingerprint density at radius 2 is 1.63 bits per heavy atom. The maximum atomic E-state index is 12.6. The molecule has 0 spiro atoms. The van der Waals surface area contributed by atoms with Gasteiger partial charge < -0.3 is 10.2 Å². The van der Waals surface area contributed by atoms with E-state index in [0.717, 1.165) is 5.56 Å². The predicted molar refractivity (Wildman–Crippen MR) is 111 cm³/mol. The second-order valence-corrected chi connectivity index (χ2v) is 7.45. The highest BCUT2D eigenvalue weighted by Crippen LogP contribution is 2.23. The third-order valence-electron chi connectivity index (χ3n) is 4.30. The van der Waals surface area contributed by atoms with Crippen molar-refractivity contribution in [1.29, 1.82) is 0 Å². The van der Waals surface area contributed by atoms with Crippen LogP contribution in [0.2, 0.25) is 10.0 Å². The van der Waals surface area contributed by atoms with Gasteiger partial charge in [0.1, 0.15) is 6.04 Å². The molecule has 0 saturated carbocycles. The lowest BCUT2D eigenvalue weighted by atomic mass is 10.1. The van der Waals surface area contributed by atoms with Gasteiger partial charge in [-0.15, -0.1) is 0 Å². The average molecular weight is 422 g/mol. The first-order valence-electron chi connectivity index (χ1n) is 8.23. The molecular weight excluding hydrogens is 405 g/mol. The Kier molecular flexibility index (Phi) is 5.99. The van der Waals surface area contributed by atoms with E-state index in [1.54, 1.807) is 48.3 Å². The molecule has 0 aromatic heterocycles. The Morgan fingerprint density at radius 1 is 1.07 bits per heavy atom. The normalized spacial score (nSPS) is 16.8. The number of thiocarbonyl (C=S) groups is 1. The van der Waals surface area contributed by atoms with E-state index < -0.39 is 6.04 Å². The van der Waals surface area contributed by atoms with Gasteiger partial charge in [-0.2, -0.15) is 0 Å². The number of nitrogens with one attached hydrogen (secondary N) is 1. The van der Waals surface area contributed by atoms with Gasteiger partial charge in [0.2, 0.25) is 5.91 Å². The van der Waals surface area contributed by atoms with Gasteiger partial charge in [-0.05, 0) is 54.2 Å². The Balaban J connectivity index is 1.72. The monoisotopic (exact) mass is 421 g/mol. The molecule has 1 saturated heterocycles. The Bertz CT molecular complexity index is 872. The molecule has 0 aliphatic carbocycles. The summed E-state index contributed by atoms with van der Waals surface area (Å²) in [5.41, 5.74) is 1.57. The van der Waals surface area contributed by atoms with Crippen molar-refractivity contribution >= 4 is 58.0 Å². The third kappa shape index (κ3) is 4.58. The molecular formula is C19H17Cl2N3O2S. The van der Waals surface area contributed by atoms with E-state index in [0.29, 0.717) is 27.4 Å². The SMILES string of the molecule is CN1C(=O)[C@H](CC(=O)Nc2ccc(Cl)cc2)N(Cc2ccc(Cl)cc2)C1=S. The highest BCUT2D eigenvalue weighted by molar-refractivity contribution is 7.80. The molecule has 5 nitrogen and oxygen atoms in total. The van der Waals surface area contributed by atoms with Gasteiger partial charge in [0, 0.05) is 29.3 Å². The van der Waals surface area contributed by atoms with E-state index in [1.807, 2.05) is 12.1 Å². The summed E-state index contributed by atoms with van der Waals surface area (Å²) in [7, 11) is 1.62. The molecule has 2 aromatic rings. The fraction of sp³-hybridized carbons (Fsp3) is 0.211. The van der Waals surface area contributed by atoms with Crippen LogP contribution in [0.5, 0.6) is 0 Å². The Morgan fingerprint density at radius 3 is 2.22 bits per heavy atom. The highest BCUT2D eigenvalue weighted by Gasteiger charge is 2.41. The number of hydrogen-bond acceptors (Lipinski definition) is 3. The molecule has 0 radical (unpaired) electrons. The number of rotatable bonds is 5. The molecule has 0 unspecified atom stereocenters. The van der Waals surface area contributed by atoms with Crippen LogP contribution in [-0.2, 0) is 16.1 Å². The molecule has 2 amide bonds. The number of carbonyl (C=O) groups excluding carboxylic acids is 2. The molecule has 1 fully saturated rings. The Labute approximate surface area is 172 Å². The van der Waals surface area contributed by atoms with Gasteiger partial charge in [-0.3, -0.25) is 14.5 Å². The number of carbonyl (C=O) groups is 2. The molecule has 0 bridgehead atoms. The lowest BCUT2D eigenvalue weighted by Gasteiger charge is -2.23. The molecule has 1 aliphatic heterocycles. The first-order chi connectivity index (χ1) is 12.8. The summed E-state index contributed by atoms with van der Waals surface area (Å²) in [4.78, 5) is 28.2. The number of likely N-dealkylation sites (N-methyl/N-ethyl adjacent to an activating group) is 1. The Hall–Kier alpha value is -2.15. The lowest BCUT2D eigenvalue weighted by Crippen LogP contribution is -2.37. The standard InChI is InChI=1S/C19H17Cl2N3O2S/c1-23-18(26)16(10-17(25)22-15-8-6-14(21)7-9-15)24(19(23)27)11-12-2-4-13(20)5-3-12/h2-9,16H,10-11H2,1H3,(H,22,25)/t16-/m0/s1. The zero-order chi connectivity index (χ0) is 19.6. The van der Waals surface area contributed by atoms with Crippen LogP contribution >= 0.6 is 35.4 Å². The minimum Gasteiger partial charge on any atom is -0.332 e. The fourth-order valence-corrected chi connectivity index (χ4v) is 3.39. The van der Waals surface area contributed by atoms with Crippen LogP contribution in [0.25, 0.3) is 0 Å². The van der Waals surface area contributed by atoms with Gasteiger partial charge in [0.05, 0.1) is 6.42 Å². The summed E-state index contributed by atoms with van der Waals surface area (Å²) in [6, 6.07) is 13.5. The first-order valence-corrected chi connectivity index (χ1v) is 9.39.